The molecule has 0 saturated carbocycles. The first-order valence-corrected chi connectivity index (χ1v) is 11.9. The molecule has 0 saturated heterocycles. The highest BCUT2D eigenvalue weighted by Gasteiger charge is 2.25. The second-order valence-electron chi connectivity index (χ2n) is 8.93. The van der Waals surface area contributed by atoms with Crippen LogP contribution in [0.2, 0.25) is 0 Å². The van der Waals surface area contributed by atoms with Crippen LogP contribution in [0.15, 0.2) is 87.7 Å². The highest BCUT2D eigenvalue weighted by atomic mass is 35.5. The number of fused-ring (bicyclic) bond motifs is 2. The zero-order valence-corrected chi connectivity index (χ0v) is 22.1. The minimum atomic E-state index is -0.360. The van der Waals surface area contributed by atoms with Gasteiger partial charge in [0.25, 0.3) is 0 Å². The molecule has 0 atom stereocenters. The summed E-state index contributed by atoms with van der Waals surface area (Å²) in [5.41, 5.74) is 1.29. The van der Waals surface area contributed by atoms with Gasteiger partial charge >= 0.3 is 22.7 Å². The Morgan fingerprint density at radius 1 is 0.357 bits per heavy atom. The summed E-state index contributed by atoms with van der Waals surface area (Å²) in [5, 5.41) is 86.9. The Hall–Kier alpha value is -5.81. The van der Waals surface area contributed by atoms with Gasteiger partial charge in [0.05, 0.1) is 23.3 Å². The number of benzene rings is 4. The quantitative estimate of drug-likeness (QED) is 0.0777. The lowest BCUT2D eigenvalue weighted by atomic mass is 10.1. The fourth-order valence-corrected chi connectivity index (χ4v) is 4.07. The van der Waals surface area contributed by atoms with Crippen LogP contribution < -0.4 is 0 Å². The van der Waals surface area contributed by atoms with Crippen LogP contribution in [0.5, 0.6) is 51.7 Å². The van der Waals surface area contributed by atoms with Crippen molar-refractivity contribution < 1.29 is 54.8 Å². The molecule has 0 aliphatic rings. The van der Waals surface area contributed by atoms with E-state index >= 15 is 0 Å². The predicted molar refractivity (Wildman–Crippen MR) is 154 cm³/mol. The lowest BCUT2D eigenvalue weighted by Crippen LogP contribution is -1.83. The SMILES string of the molecule is Cl.Oc1cc(O)c2cc(O)c(-c3ccc(O)c(O)c3)[o+]c2c1.Oc1ccc(-c2[o+]c3cc(O)cc(O)c3cc2O)cc1. The van der Waals surface area contributed by atoms with Gasteiger partial charge in [-0.25, -0.2) is 8.83 Å². The second kappa shape index (κ2) is 11.4. The van der Waals surface area contributed by atoms with Crippen molar-refractivity contribution in [1.29, 1.82) is 0 Å². The standard InChI is InChI=1S/C15H10O6.C15H10O5.ClH/c16-8-4-11(18)9-6-13(20)15(21-14(9)5-8)7-1-2-10(17)12(19)3-7;16-9-3-1-8(2-4-9)15-13(19)7-11-12(18)5-10(17)6-14(11)20-15;/h1-6H,(H4-,16,17,18,19,20);1-7H,(H3-,16,17,18,19);1H/p+2. The zero-order valence-electron chi connectivity index (χ0n) is 21.3. The molecule has 11 nitrogen and oxygen atoms in total. The Morgan fingerprint density at radius 2 is 0.810 bits per heavy atom. The van der Waals surface area contributed by atoms with Gasteiger partial charge in [0, 0.05) is 30.3 Å². The molecule has 2 heterocycles. The van der Waals surface area contributed by atoms with Crippen molar-refractivity contribution in [3.8, 4) is 74.4 Å². The fourth-order valence-electron chi connectivity index (χ4n) is 4.07. The Labute approximate surface area is 242 Å². The molecule has 2 aromatic heterocycles. The van der Waals surface area contributed by atoms with Crippen LogP contribution >= 0.6 is 12.4 Å². The van der Waals surface area contributed by atoms with Gasteiger partial charge in [-0.3, -0.25) is 0 Å². The molecule has 0 amide bonds. The molecule has 42 heavy (non-hydrogen) atoms. The van der Waals surface area contributed by atoms with Crippen molar-refractivity contribution in [3.05, 3.63) is 78.9 Å². The third-order valence-corrected chi connectivity index (χ3v) is 6.03. The topological polar surface area (TPSA) is 205 Å². The second-order valence-corrected chi connectivity index (χ2v) is 8.93. The normalized spacial score (nSPS) is 10.6. The summed E-state index contributed by atoms with van der Waals surface area (Å²) in [6.07, 6.45) is 0. The molecule has 0 radical (unpaired) electrons. The largest absolute Gasteiger partial charge is 0.508 e. The van der Waals surface area contributed by atoms with E-state index in [4.69, 9.17) is 8.83 Å². The van der Waals surface area contributed by atoms with E-state index in [0.717, 1.165) is 12.1 Å². The van der Waals surface area contributed by atoms with Crippen LogP contribution in [0.4, 0.5) is 0 Å². The van der Waals surface area contributed by atoms with Crippen molar-refractivity contribution in [2.75, 3.05) is 0 Å². The molecule has 6 rings (SSSR count). The molecule has 4 aromatic carbocycles. The third kappa shape index (κ3) is 5.71. The lowest BCUT2D eigenvalue weighted by Gasteiger charge is -2.01. The summed E-state index contributed by atoms with van der Waals surface area (Å²) in [6.45, 7) is 0. The maximum Gasteiger partial charge on any atom is 0.402 e. The van der Waals surface area contributed by atoms with E-state index in [2.05, 4.69) is 0 Å². The van der Waals surface area contributed by atoms with Gasteiger partial charge in [-0.1, -0.05) is 0 Å². The average Bonchev–Trinajstić information content (AvgIpc) is 2.91. The molecule has 0 unspecified atom stereocenters. The van der Waals surface area contributed by atoms with Crippen LogP contribution in [0.25, 0.3) is 44.6 Å². The Bertz CT molecular complexity index is 1940. The van der Waals surface area contributed by atoms with E-state index in [-0.39, 0.29) is 92.2 Å². The van der Waals surface area contributed by atoms with E-state index in [9.17, 15) is 46.0 Å². The molecule has 0 bridgehead atoms. The van der Waals surface area contributed by atoms with Crippen molar-refractivity contribution in [2.24, 2.45) is 0 Å². The van der Waals surface area contributed by atoms with Crippen LogP contribution in [-0.4, -0.2) is 46.0 Å². The van der Waals surface area contributed by atoms with Crippen molar-refractivity contribution >= 4 is 34.3 Å². The smallest absolute Gasteiger partial charge is 0.402 e. The molecule has 0 aliphatic carbocycles. The van der Waals surface area contributed by atoms with E-state index in [1.54, 1.807) is 12.1 Å². The molecule has 0 spiro atoms. The third-order valence-electron chi connectivity index (χ3n) is 6.03. The van der Waals surface area contributed by atoms with Gasteiger partial charge in [-0.2, -0.15) is 0 Å². The minimum Gasteiger partial charge on any atom is -0.508 e. The van der Waals surface area contributed by atoms with E-state index in [1.165, 1.54) is 54.6 Å². The number of hydrogen-bond donors (Lipinski definition) is 9. The van der Waals surface area contributed by atoms with Crippen molar-refractivity contribution in [3.63, 3.8) is 0 Å². The Balaban J connectivity index is 0.000000189. The maximum atomic E-state index is 10.0. The van der Waals surface area contributed by atoms with Crippen molar-refractivity contribution in [1.82, 2.24) is 0 Å². The first-order chi connectivity index (χ1) is 19.5. The summed E-state index contributed by atoms with van der Waals surface area (Å²) in [7, 11) is 0. The van der Waals surface area contributed by atoms with Gasteiger partial charge < -0.3 is 46.0 Å². The summed E-state index contributed by atoms with van der Waals surface area (Å²) in [6, 6.07) is 17.6. The average molecular weight is 595 g/mol. The van der Waals surface area contributed by atoms with Gasteiger partial charge in [-0.15, -0.1) is 12.4 Å². The molecular weight excluding hydrogens is 572 g/mol. The van der Waals surface area contributed by atoms with Gasteiger partial charge in [0.1, 0.15) is 39.5 Å². The number of hydrogen-bond acceptors (Lipinski definition) is 9. The van der Waals surface area contributed by atoms with Gasteiger partial charge in [0.15, 0.2) is 11.5 Å². The van der Waals surface area contributed by atoms with E-state index in [1.807, 2.05) is 0 Å². The van der Waals surface area contributed by atoms with Crippen LogP contribution in [0, 0.1) is 0 Å². The van der Waals surface area contributed by atoms with Crippen molar-refractivity contribution in [2.45, 2.75) is 0 Å². The number of phenolic OH excluding ortho intramolecular Hbond substituents is 7. The van der Waals surface area contributed by atoms with Crippen LogP contribution in [-0.2, 0) is 0 Å². The summed E-state index contributed by atoms with van der Waals surface area (Å²) >= 11 is 0. The Morgan fingerprint density at radius 3 is 1.29 bits per heavy atom. The van der Waals surface area contributed by atoms with Gasteiger partial charge in [-0.05, 0) is 36.4 Å². The fraction of sp³-hybridized carbons (Fsp3) is 0. The summed E-state index contributed by atoms with van der Waals surface area (Å²) in [5.74, 6) is -1.49. The molecule has 0 aliphatic heterocycles. The molecule has 0 fully saturated rings. The number of halogens is 1. The predicted octanol–water partition coefficient (Wildman–Crippen LogP) is 6.53. The van der Waals surface area contributed by atoms with E-state index < -0.39 is 0 Å². The van der Waals surface area contributed by atoms with E-state index in [0.29, 0.717) is 16.5 Å². The maximum absolute atomic E-state index is 10.0. The molecule has 9 N–H and O–H groups in total. The number of rotatable bonds is 2. The summed E-state index contributed by atoms with van der Waals surface area (Å²) in [4.78, 5) is 0. The van der Waals surface area contributed by atoms with Crippen LogP contribution in [0.3, 0.4) is 0 Å². The molecule has 12 heteroatoms. The number of phenols is 7. The lowest BCUT2D eigenvalue weighted by molar-refractivity contribution is 0.403. The van der Waals surface area contributed by atoms with Gasteiger partial charge in [0.2, 0.25) is 11.5 Å². The highest BCUT2D eigenvalue weighted by Crippen LogP contribution is 2.41. The molecule has 214 valence electrons. The highest BCUT2D eigenvalue weighted by molar-refractivity contribution is 5.89. The monoisotopic (exact) mass is 594 g/mol. The minimum absolute atomic E-state index is 0. The summed E-state index contributed by atoms with van der Waals surface area (Å²) < 4.78 is 11.0. The Kier molecular flexibility index (Phi) is 7.89. The first kappa shape index (κ1) is 29.2. The first-order valence-electron chi connectivity index (χ1n) is 11.9. The number of aromatic hydroxyl groups is 9. The van der Waals surface area contributed by atoms with Crippen LogP contribution in [0.1, 0.15) is 0 Å². The zero-order chi connectivity index (χ0) is 29.4. The molecular formula is C30H23ClO11+2. The molecule has 6 aromatic rings.